The number of pyridine rings is 1. The van der Waals surface area contributed by atoms with Gasteiger partial charge in [-0.15, -0.1) is 0 Å². The van der Waals surface area contributed by atoms with Crippen LogP contribution in [0, 0.1) is 0 Å². The van der Waals surface area contributed by atoms with Gasteiger partial charge in [0.25, 0.3) is 0 Å². The van der Waals surface area contributed by atoms with Crippen molar-refractivity contribution in [3.8, 4) is 11.5 Å². The number of hydrogen-bond acceptors (Lipinski definition) is 4. The Hall–Kier alpha value is -2.96. The van der Waals surface area contributed by atoms with E-state index in [9.17, 15) is 13.2 Å². The smallest absolute Gasteiger partial charge is 0.417 e. The van der Waals surface area contributed by atoms with Gasteiger partial charge in [-0.2, -0.15) is 13.2 Å². The highest BCUT2D eigenvalue weighted by Crippen LogP contribution is 2.37. The van der Waals surface area contributed by atoms with Crippen molar-refractivity contribution in [1.29, 1.82) is 0 Å². The summed E-state index contributed by atoms with van der Waals surface area (Å²) < 4.78 is 50.4. The van der Waals surface area contributed by atoms with E-state index < -0.39 is 11.7 Å². The van der Waals surface area contributed by atoms with Gasteiger partial charge in [-0.25, -0.2) is 4.98 Å². The third kappa shape index (κ3) is 3.45. The average molecular weight is 348 g/mol. The van der Waals surface area contributed by atoms with Crippen molar-refractivity contribution < 1.29 is 22.6 Å². The second-order valence-electron chi connectivity index (χ2n) is 5.26. The zero-order valence-corrected chi connectivity index (χ0v) is 13.5. The highest BCUT2D eigenvalue weighted by Gasteiger charge is 2.33. The summed E-state index contributed by atoms with van der Waals surface area (Å²) in [6, 6.07) is 12.1. The average Bonchev–Trinajstić information content (AvgIpc) is 2.60. The molecule has 7 heteroatoms. The van der Waals surface area contributed by atoms with E-state index in [0.29, 0.717) is 17.2 Å². The van der Waals surface area contributed by atoms with Crippen LogP contribution in [0.25, 0.3) is 10.9 Å². The van der Waals surface area contributed by atoms with Crippen LogP contribution in [-0.4, -0.2) is 19.2 Å². The molecule has 0 aliphatic carbocycles. The van der Waals surface area contributed by atoms with Crippen molar-refractivity contribution in [2.75, 3.05) is 19.5 Å². The Labute approximate surface area is 142 Å². The van der Waals surface area contributed by atoms with Gasteiger partial charge in [0.15, 0.2) is 11.5 Å². The van der Waals surface area contributed by atoms with E-state index in [-0.39, 0.29) is 16.7 Å². The molecular formula is C18H15F3N2O2. The predicted molar refractivity (Wildman–Crippen MR) is 89.6 cm³/mol. The van der Waals surface area contributed by atoms with Crippen LogP contribution in [0.2, 0.25) is 0 Å². The summed E-state index contributed by atoms with van der Waals surface area (Å²) in [5, 5.41) is 2.95. The number of halogens is 3. The quantitative estimate of drug-likeness (QED) is 0.719. The molecule has 1 aromatic heterocycles. The lowest BCUT2D eigenvalue weighted by molar-refractivity contribution is -0.136. The maximum absolute atomic E-state index is 13.4. The first kappa shape index (κ1) is 16.9. The van der Waals surface area contributed by atoms with Crippen LogP contribution >= 0.6 is 0 Å². The molecule has 0 saturated carbocycles. The fraction of sp³-hybridized carbons (Fsp3) is 0.167. The number of benzene rings is 2. The lowest BCUT2D eigenvalue weighted by Gasteiger charge is -2.14. The Kier molecular flexibility index (Phi) is 4.39. The Bertz CT molecular complexity index is 910. The molecule has 0 bridgehead atoms. The Morgan fingerprint density at radius 1 is 0.920 bits per heavy atom. The topological polar surface area (TPSA) is 43.4 Å². The van der Waals surface area contributed by atoms with E-state index in [2.05, 4.69) is 10.3 Å². The first-order chi connectivity index (χ1) is 11.9. The molecule has 1 heterocycles. The number of fused-ring (bicyclic) bond motifs is 1. The normalized spacial score (nSPS) is 11.4. The number of alkyl halides is 3. The van der Waals surface area contributed by atoms with Gasteiger partial charge in [0.1, 0.15) is 5.82 Å². The summed E-state index contributed by atoms with van der Waals surface area (Å²) in [6.45, 7) is 0. The summed E-state index contributed by atoms with van der Waals surface area (Å²) >= 11 is 0. The van der Waals surface area contributed by atoms with Gasteiger partial charge in [0.05, 0.1) is 25.3 Å². The van der Waals surface area contributed by atoms with Gasteiger partial charge in [0.2, 0.25) is 0 Å². The second-order valence-corrected chi connectivity index (χ2v) is 5.26. The molecule has 0 unspecified atom stereocenters. The predicted octanol–water partition coefficient (Wildman–Crippen LogP) is 5.01. The van der Waals surface area contributed by atoms with Crippen LogP contribution in [0.15, 0.2) is 48.5 Å². The third-order valence-electron chi connectivity index (χ3n) is 3.68. The van der Waals surface area contributed by atoms with Crippen molar-refractivity contribution >= 4 is 22.4 Å². The van der Waals surface area contributed by atoms with Crippen LogP contribution in [0.3, 0.4) is 0 Å². The number of ether oxygens (including phenoxy) is 2. The fourth-order valence-corrected chi connectivity index (χ4v) is 2.54. The number of anilines is 2. The maximum atomic E-state index is 13.4. The molecule has 0 amide bonds. The highest BCUT2D eigenvalue weighted by molar-refractivity contribution is 5.85. The molecule has 0 fully saturated rings. The van der Waals surface area contributed by atoms with E-state index in [1.54, 1.807) is 36.4 Å². The summed E-state index contributed by atoms with van der Waals surface area (Å²) in [5.41, 5.74) is 0.0648. The molecule has 1 N–H and O–H groups in total. The summed E-state index contributed by atoms with van der Waals surface area (Å²) in [4.78, 5) is 4.26. The standard InChI is InChI=1S/C18H15F3N2O2/c1-24-15-8-7-11(9-16(15)25-2)22-17-10-13(18(19,20)21)12-5-3-4-6-14(12)23-17/h3-10H,1-2H3,(H,22,23). The molecule has 0 saturated heterocycles. The van der Waals surface area contributed by atoms with E-state index in [1.807, 2.05) is 0 Å². The van der Waals surface area contributed by atoms with E-state index in [1.165, 1.54) is 20.3 Å². The van der Waals surface area contributed by atoms with Crippen molar-refractivity contribution in [3.05, 3.63) is 54.1 Å². The summed E-state index contributed by atoms with van der Waals surface area (Å²) in [5.74, 6) is 1.08. The first-order valence-electron chi connectivity index (χ1n) is 7.38. The summed E-state index contributed by atoms with van der Waals surface area (Å²) in [6.07, 6.45) is -4.48. The van der Waals surface area contributed by atoms with Gasteiger partial charge in [0, 0.05) is 17.1 Å². The highest BCUT2D eigenvalue weighted by atomic mass is 19.4. The molecule has 4 nitrogen and oxygen atoms in total. The van der Waals surface area contributed by atoms with E-state index in [4.69, 9.17) is 9.47 Å². The molecule has 0 aliphatic heterocycles. The lowest BCUT2D eigenvalue weighted by atomic mass is 10.1. The van der Waals surface area contributed by atoms with Crippen molar-refractivity contribution in [2.45, 2.75) is 6.18 Å². The van der Waals surface area contributed by atoms with Crippen LogP contribution < -0.4 is 14.8 Å². The molecule has 0 radical (unpaired) electrons. The van der Waals surface area contributed by atoms with Gasteiger partial charge in [-0.1, -0.05) is 18.2 Å². The van der Waals surface area contributed by atoms with Crippen molar-refractivity contribution in [2.24, 2.45) is 0 Å². The molecule has 2 aromatic carbocycles. The largest absolute Gasteiger partial charge is 0.493 e. The maximum Gasteiger partial charge on any atom is 0.417 e. The molecule has 25 heavy (non-hydrogen) atoms. The third-order valence-corrected chi connectivity index (χ3v) is 3.68. The van der Waals surface area contributed by atoms with Crippen molar-refractivity contribution in [3.63, 3.8) is 0 Å². The fourth-order valence-electron chi connectivity index (χ4n) is 2.54. The number of nitrogens with zero attached hydrogens (tertiary/aromatic N) is 1. The first-order valence-corrected chi connectivity index (χ1v) is 7.38. The Morgan fingerprint density at radius 3 is 2.32 bits per heavy atom. The van der Waals surface area contributed by atoms with Crippen LogP contribution in [0.5, 0.6) is 11.5 Å². The minimum atomic E-state index is -4.48. The monoisotopic (exact) mass is 348 g/mol. The number of rotatable bonds is 4. The molecule has 0 aliphatic rings. The zero-order chi connectivity index (χ0) is 18.0. The lowest BCUT2D eigenvalue weighted by Crippen LogP contribution is -2.08. The Morgan fingerprint density at radius 2 is 1.64 bits per heavy atom. The van der Waals surface area contributed by atoms with Gasteiger partial charge in [-0.05, 0) is 24.3 Å². The van der Waals surface area contributed by atoms with Crippen LogP contribution in [0.4, 0.5) is 24.7 Å². The molecular weight excluding hydrogens is 333 g/mol. The van der Waals surface area contributed by atoms with Crippen molar-refractivity contribution in [1.82, 2.24) is 4.98 Å². The molecule has 0 spiro atoms. The van der Waals surface area contributed by atoms with Gasteiger partial charge in [-0.3, -0.25) is 0 Å². The van der Waals surface area contributed by atoms with E-state index in [0.717, 1.165) is 6.07 Å². The second kappa shape index (κ2) is 6.51. The number of nitrogens with one attached hydrogen (secondary N) is 1. The molecule has 3 aromatic rings. The SMILES string of the molecule is COc1ccc(Nc2cc(C(F)(F)F)c3ccccc3n2)cc1OC. The van der Waals surface area contributed by atoms with Gasteiger partial charge < -0.3 is 14.8 Å². The minimum absolute atomic E-state index is 0.0628. The van der Waals surface area contributed by atoms with Crippen LogP contribution in [0.1, 0.15) is 5.56 Å². The van der Waals surface area contributed by atoms with Gasteiger partial charge >= 0.3 is 6.18 Å². The molecule has 0 atom stereocenters. The molecule has 3 rings (SSSR count). The zero-order valence-electron chi connectivity index (χ0n) is 13.5. The number of para-hydroxylation sites is 1. The number of hydrogen-bond donors (Lipinski definition) is 1. The number of methoxy groups -OCH3 is 2. The van der Waals surface area contributed by atoms with Crippen LogP contribution in [-0.2, 0) is 6.18 Å². The minimum Gasteiger partial charge on any atom is -0.493 e. The molecule has 130 valence electrons. The number of aromatic nitrogens is 1. The van der Waals surface area contributed by atoms with E-state index >= 15 is 0 Å². The Balaban J connectivity index is 2.05. The summed E-state index contributed by atoms with van der Waals surface area (Å²) in [7, 11) is 2.99.